The second-order valence-corrected chi connectivity index (χ2v) is 6.45. The number of thiocarbonyl (C=S) groups is 1. The number of nitrogens with one attached hydrogen (secondary N) is 1. The summed E-state index contributed by atoms with van der Waals surface area (Å²) in [7, 11) is 0. The molecular weight excluding hydrogens is 278 g/mol. The molecule has 0 bridgehead atoms. The predicted molar refractivity (Wildman–Crippen MR) is 93.9 cm³/mol. The molecule has 3 nitrogen and oxygen atoms in total. The molecule has 1 heterocycles. The first-order valence-corrected chi connectivity index (χ1v) is 8.63. The number of hydrogen-bond acceptors (Lipinski definition) is 3. The van der Waals surface area contributed by atoms with Crippen molar-refractivity contribution in [3.05, 3.63) is 22.9 Å². The quantitative estimate of drug-likeness (QED) is 0.717. The molecule has 0 fully saturated rings. The predicted octanol–water partition coefficient (Wildman–Crippen LogP) is 3.83. The molecule has 0 amide bonds. The van der Waals surface area contributed by atoms with E-state index in [2.05, 4.69) is 25.2 Å². The Hall–Kier alpha value is -1.16. The van der Waals surface area contributed by atoms with E-state index in [4.69, 9.17) is 22.9 Å². The molecule has 0 aromatic carbocycles. The van der Waals surface area contributed by atoms with Crippen LogP contribution >= 0.6 is 12.2 Å². The molecule has 1 aliphatic carbocycles. The molecule has 3 N–H and O–H groups in total. The van der Waals surface area contributed by atoms with Crippen molar-refractivity contribution in [2.24, 2.45) is 11.7 Å². The zero-order chi connectivity index (χ0) is 15.2. The second kappa shape index (κ2) is 7.74. The van der Waals surface area contributed by atoms with Crippen LogP contribution in [0.25, 0.3) is 0 Å². The summed E-state index contributed by atoms with van der Waals surface area (Å²) < 4.78 is 0. The maximum atomic E-state index is 5.88. The molecule has 0 saturated heterocycles. The lowest BCUT2D eigenvalue weighted by molar-refractivity contribution is 0.472. The van der Waals surface area contributed by atoms with Gasteiger partial charge in [-0.05, 0) is 43.2 Å². The van der Waals surface area contributed by atoms with Crippen molar-refractivity contribution in [2.75, 3.05) is 11.9 Å². The number of aromatic nitrogens is 1. The Morgan fingerprint density at radius 2 is 2.24 bits per heavy atom. The minimum Gasteiger partial charge on any atom is -0.389 e. The van der Waals surface area contributed by atoms with Gasteiger partial charge >= 0.3 is 0 Å². The van der Waals surface area contributed by atoms with Gasteiger partial charge in [-0.3, -0.25) is 0 Å². The van der Waals surface area contributed by atoms with Crippen molar-refractivity contribution in [1.29, 1.82) is 0 Å². The SMILES string of the molecule is CCCCC(CC)CNc1nc2c(cc1C(N)=S)CCC2. The van der Waals surface area contributed by atoms with Crippen molar-refractivity contribution < 1.29 is 0 Å². The average molecular weight is 305 g/mol. The fourth-order valence-corrected chi connectivity index (χ4v) is 3.13. The van der Waals surface area contributed by atoms with E-state index in [9.17, 15) is 0 Å². The van der Waals surface area contributed by atoms with Gasteiger partial charge in [0.1, 0.15) is 10.8 Å². The van der Waals surface area contributed by atoms with Crippen LogP contribution < -0.4 is 11.1 Å². The van der Waals surface area contributed by atoms with Crippen LogP contribution in [-0.2, 0) is 12.8 Å². The van der Waals surface area contributed by atoms with E-state index in [1.807, 2.05) is 0 Å². The molecule has 2 rings (SSSR count). The van der Waals surface area contributed by atoms with Crippen LogP contribution in [0.15, 0.2) is 6.07 Å². The summed E-state index contributed by atoms with van der Waals surface area (Å²) in [5.41, 5.74) is 9.33. The van der Waals surface area contributed by atoms with Crippen molar-refractivity contribution in [1.82, 2.24) is 4.98 Å². The van der Waals surface area contributed by atoms with Crippen LogP contribution in [0.4, 0.5) is 5.82 Å². The highest BCUT2D eigenvalue weighted by Crippen LogP contribution is 2.26. The van der Waals surface area contributed by atoms with Gasteiger partial charge in [0.2, 0.25) is 0 Å². The number of nitrogens with two attached hydrogens (primary N) is 1. The van der Waals surface area contributed by atoms with Gasteiger partial charge in [0.25, 0.3) is 0 Å². The number of hydrogen-bond donors (Lipinski definition) is 2. The Labute approximate surface area is 133 Å². The molecule has 0 spiro atoms. The van der Waals surface area contributed by atoms with Gasteiger partial charge in [-0.15, -0.1) is 0 Å². The fraction of sp³-hybridized carbons (Fsp3) is 0.647. The zero-order valence-electron chi connectivity index (χ0n) is 13.2. The van der Waals surface area contributed by atoms with Crippen LogP contribution in [0, 0.1) is 5.92 Å². The minimum atomic E-state index is 0.446. The maximum absolute atomic E-state index is 5.88. The van der Waals surface area contributed by atoms with Gasteiger partial charge in [-0.25, -0.2) is 4.98 Å². The molecular formula is C17H27N3S. The summed E-state index contributed by atoms with van der Waals surface area (Å²) in [6.45, 7) is 5.46. The van der Waals surface area contributed by atoms with Crippen LogP contribution in [0.5, 0.6) is 0 Å². The monoisotopic (exact) mass is 305 g/mol. The van der Waals surface area contributed by atoms with Crippen molar-refractivity contribution in [2.45, 2.75) is 58.8 Å². The summed E-state index contributed by atoms with van der Waals surface area (Å²) in [6.07, 6.45) is 8.39. The van der Waals surface area contributed by atoms with Crippen LogP contribution in [0.2, 0.25) is 0 Å². The molecule has 0 saturated carbocycles. The summed E-state index contributed by atoms with van der Waals surface area (Å²) >= 11 is 5.20. The van der Waals surface area contributed by atoms with E-state index < -0.39 is 0 Å². The number of rotatable bonds is 8. The number of unbranched alkanes of at least 4 members (excludes halogenated alkanes) is 1. The normalized spacial score (nSPS) is 14.8. The molecule has 1 unspecified atom stereocenters. The molecule has 21 heavy (non-hydrogen) atoms. The van der Waals surface area contributed by atoms with Crippen LogP contribution in [0.3, 0.4) is 0 Å². The minimum absolute atomic E-state index is 0.446. The van der Waals surface area contributed by atoms with E-state index in [0.29, 0.717) is 10.9 Å². The summed E-state index contributed by atoms with van der Waals surface area (Å²) in [4.78, 5) is 5.23. The number of aryl methyl sites for hydroxylation is 2. The van der Waals surface area contributed by atoms with Gasteiger partial charge < -0.3 is 11.1 Å². The Kier molecular flexibility index (Phi) is 5.97. The first-order chi connectivity index (χ1) is 10.2. The second-order valence-electron chi connectivity index (χ2n) is 6.01. The molecule has 1 aromatic heterocycles. The molecule has 1 aliphatic rings. The molecule has 116 valence electrons. The highest BCUT2D eigenvalue weighted by molar-refractivity contribution is 7.80. The Balaban J connectivity index is 2.09. The lowest BCUT2D eigenvalue weighted by Gasteiger charge is -2.18. The maximum Gasteiger partial charge on any atom is 0.136 e. The smallest absolute Gasteiger partial charge is 0.136 e. The van der Waals surface area contributed by atoms with Crippen molar-refractivity contribution >= 4 is 23.0 Å². The molecule has 1 atom stereocenters. The topological polar surface area (TPSA) is 50.9 Å². The van der Waals surface area contributed by atoms with Gasteiger partial charge in [-0.2, -0.15) is 0 Å². The Morgan fingerprint density at radius 1 is 1.43 bits per heavy atom. The summed E-state index contributed by atoms with van der Waals surface area (Å²) in [6, 6.07) is 2.15. The number of nitrogens with zero attached hydrogens (tertiary/aromatic N) is 1. The van der Waals surface area contributed by atoms with E-state index in [1.165, 1.54) is 43.4 Å². The molecule has 1 aromatic rings. The number of fused-ring (bicyclic) bond motifs is 1. The van der Waals surface area contributed by atoms with E-state index in [0.717, 1.165) is 30.8 Å². The standard InChI is InChI=1S/C17H27N3S/c1-3-5-7-12(4-2)11-19-17-14(16(18)21)10-13-8-6-9-15(13)20-17/h10,12H,3-9,11H2,1-2H3,(H2,18,21)(H,19,20). The van der Waals surface area contributed by atoms with Gasteiger partial charge in [0, 0.05) is 12.2 Å². The fourth-order valence-electron chi connectivity index (χ4n) is 2.98. The first-order valence-electron chi connectivity index (χ1n) is 8.22. The molecule has 0 aliphatic heterocycles. The average Bonchev–Trinajstić information content (AvgIpc) is 2.93. The Morgan fingerprint density at radius 3 is 2.90 bits per heavy atom. The number of pyridine rings is 1. The largest absolute Gasteiger partial charge is 0.389 e. The van der Waals surface area contributed by atoms with Gasteiger partial charge in [0.15, 0.2) is 0 Å². The van der Waals surface area contributed by atoms with Crippen molar-refractivity contribution in [3.8, 4) is 0 Å². The van der Waals surface area contributed by atoms with Crippen LogP contribution in [-0.4, -0.2) is 16.5 Å². The van der Waals surface area contributed by atoms with E-state index >= 15 is 0 Å². The third kappa shape index (κ3) is 4.16. The first kappa shape index (κ1) is 16.2. The van der Waals surface area contributed by atoms with Crippen molar-refractivity contribution in [3.63, 3.8) is 0 Å². The Bertz CT molecular complexity index is 499. The van der Waals surface area contributed by atoms with Crippen LogP contribution in [0.1, 0.15) is 62.8 Å². The van der Waals surface area contributed by atoms with Gasteiger partial charge in [-0.1, -0.05) is 45.3 Å². The van der Waals surface area contributed by atoms with E-state index in [-0.39, 0.29) is 0 Å². The lowest BCUT2D eigenvalue weighted by atomic mass is 9.99. The van der Waals surface area contributed by atoms with Gasteiger partial charge in [0.05, 0.1) is 5.56 Å². The van der Waals surface area contributed by atoms with E-state index in [1.54, 1.807) is 0 Å². The third-order valence-corrected chi connectivity index (χ3v) is 4.64. The third-order valence-electron chi connectivity index (χ3n) is 4.42. The number of anilines is 1. The molecule has 0 radical (unpaired) electrons. The highest BCUT2D eigenvalue weighted by Gasteiger charge is 2.18. The summed E-state index contributed by atoms with van der Waals surface area (Å²) in [5.74, 6) is 1.58. The highest BCUT2D eigenvalue weighted by atomic mass is 32.1. The summed E-state index contributed by atoms with van der Waals surface area (Å²) in [5, 5.41) is 3.51. The molecule has 4 heteroatoms. The lowest BCUT2D eigenvalue weighted by Crippen LogP contribution is -2.19. The zero-order valence-corrected chi connectivity index (χ0v) is 14.1.